The van der Waals surface area contributed by atoms with Gasteiger partial charge in [-0.25, -0.2) is 0 Å². The summed E-state index contributed by atoms with van der Waals surface area (Å²) in [6.45, 7) is 4.45. The first-order valence-electron chi connectivity index (χ1n) is 7.07. The van der Waals surface area contributed by atoms with Crippen molar-refractivity contribution in [3.05, 3.63) is 30.0 Å². The van der Waals surface area contributed by atoms with Crippen LogP contribution in [0.1, 0.15) is 12.1 Å². The van der Waals surface area contributed by atoms with Crippen LogP contribution in [-0.4, -0.2) is 38.5 Å². The molecule has 1 heterocycles. The van der Waals surface area contributed by atoms with Gasteiger partial charge in [-0.1, -0.05) is 0 Å². The van der Waals surface area contributed by atoms with Gasteiger partial charge in [0.2, 0.25) is 0 Å². The number of fused-ring (bicyclic) bond motifs is 1. The first-order valence-corrected chi connectivity index (χ1v) is 7.07. The highest BCUT2D eigenvalue weighted by molar-refractivity contribution is 5.87. The van der Waals surface area contributed by atoms with E-state index in [1.165, 1.54) is 0 Å². The lowest BCUT2D eigenvalue weighted by Crippen LogP contribution is -2.07. The fraction of sp³-hybridized carbons (Fsp3) is 0.438. The molecule has 5 heteroatoms. The Labute approximate surface area is 125 Å². The van der Waals surface area contributed by atoms with E-state index in [9.17, 15) is 0 Å². The minimum absolute atomic E-state index is 0.598. The molecule has 5 nitrogen and oxygen atoms in total. The quantitative estimate of drug-likeness (QED) is 0.598. The molecule has 0 saturated carbocycles. The molecular formula is C16H22N2O3. The second kappa shape index (κ2) is 7.81. The number of nitrogens with zero attached hydrogens (tertiary/aromatic N) is 1. The minimum Gasteiger partial charge on any atom is -0.493 e. The molecule has 0 spiro atoms. The number of nitrogen functional groups attached to an aromatic ring is 1. The molecule has 0 aliphatic rings. The lowest BCUT2D eigenvalue weighted by Gasteiger charge is -2.11. The smallest absolute Gasteiger partial charge is 0.130 e. The molecule has 2 N–H and O–H groups in total. The average Bonchev–Trinajstić information content (AvgIpc) is 2.47. The van der Waals surface area contributed by atoms with Crippen molar-refractivity contribution in [2.75, 3.05) is 39.3 Å². The summed E-state index contributed by atoms with van der Waals surface area (Å²) in [4.78, 5) is 4.48. The molecule has 1 aromatic carbocycles. The van der Waals surface area contributed by atoms with Gasteiger partial charge in [0.25, 0.3) is 0 Å². The first-order chi connectivity index (χ1) is 10.2. The zero-order valence-corrected chi connectivity index (χ0v) is 12.6. The first kappa shape index (κ1) is 15.5. The van der Waals surface area contributed by atoms with Crippen molar-refractivity contribution in [2.45, 2.75) is 13.3 Å². The third kappa shape index (κ3) is 4.58. The van der Waals surface area contributed by atoms with Crippen LogP contribution in [0.15, 0.2) is 24.3 Å². The number of ether oxygens (including phenoxy) is 3. The number of rotatable bonds is 8. The highest BCUT2D eigenvalue weighted by Gasteiger charge is 2.05. The topological polar surface area (TPSA) is 66.6 Å². The number of aromatic nitrogens is 1. The Kier molecular flexibility index (Phi) is 5.78. The van der Waals surface area contributed by atoms with Gasteiger partial charge >= 0.3 is 0 Å². The van der Waals surface area contributed by atoms with Crippen LogP contribution < -0.4 is 10.5 Å². The maximum Gasteiger partial charge on any atom is 0.130 e. The van der Waals surface area contributed by atoms with Crippen molar-refractivity contribution in [1.29, 1.82) is 0 Å². The predicted octanol–water partition coefficient (Wildman–Crippen LogP) is 2.56. The molecule has 0 aliphatic heterocycles. The van der Waals surface area contributed by atoms with E-state index in [0.717, 1.165) is 28.8 Å². The van der Waals surface area contributed by atoms with Crippen molar-refractivity contribution < 1.29 is 14.2 Å². The van der Waals surface area contributed by atoms with E-state index < -0.39 is 0 Å². The Hall–Kier alpha value is -1.85. The fourth-order valence-electron chi connectivity index (χ4n) is 2.05. The van der Waals surface area contributed by atoms with E-state index in [2.05, 4.69) is 4.98 Å². The number of hydrogen-bond donors (Lipinski definition) is 1. The van der Waals surface area contributed by atoms with Crippen molar-refractivity contribution in [1.82, 2.24) is 4.98 Å². The zero-order chi connectivity index (χ0) is 15.1. The lowest BCUT2D eigenvalue weighted by atomic mass is 10.1. The maximum absolute atomic E-state index is 5.85. The third-order valence-electron chi connectivity index (χ3n) is 3.05. The van der Waals surface area contributed by atoms with Gasteiger partial charge in [-0.05, 0) is 25.1 Å². The second-order valence-corrected chi connectivity index (χ2v) is 4.85. The van der Waals surface area contributed by atoms with Crippen LogP contribution in [0.4, 0.5) is 5.69 Å². The minimum atomic E-state index is 0.598. The summed E-state index contributed by atoms with van der Waals surface area (Å²) in [5.41, 5.74) is 8.38. The Morgan fingerprint density at radius 2 is 1.95 bits per heavy atom. The predicted molar refractivity (Wildman–Crippen MR) is 83.7 cm³/mol. The van der Waals surface area contributed by atoms with Gasteiger partial charge in [0.15, 0.2) is 0 Å². The van der Waals surface area contributed by atoms with E-state index in [1.54, 1.807) is 7.11 Å². The number of hydrogen-bond acceptors (Lipinski definition) is 5. The van der Waals surface area contributed by atoms with E-state index in [-0.39, 0.29) is 0 Å². The molecule has 1 aromatic heterocycles. The van der Waals surface area contributed by atoms with Gasteiger partial charge in [-0.15, -0.1) is 0 Å². The standard InChI is InChI=1S/C16H22N2O3/c1-12-10-16(21-7-3-6-20-9-8-19-2)14-11-13(17)4-5-15(14)18-12/h4-5,10-11H,3,6-9,17H2,1-2H3. The van der Waals surface area contributed by atoms with Crippen molar-refractivity contribution >= 4 is 16.6 Å². The van der Waals surface area contributed by atoms with E-state index in [1.807, 2.05) is 31.2 Å². The molecule has 2 aromatic rings. The van der Waals surface area contributed by atoms with Gasteiger partial charge in [0, 0.05) is 43.0 Å². The molecule has 0 atom stereocenters. The number of benzene rings is 1. The second-order valence-electron chi connectivity index (χ2n) is 4.85. The summed E-state index contributed by atoms with van der Waals surface area (Å²) in [5, 5.41) is 0.945. The van der Waals surface area contributed by atoms with Gasteiger partial charge in [-0.3, -0.25) is 4.98 Å². The summed E-state index contributed by atoms with van der Waals surface area (Å²) in [7, 11) is 1.66. The molecular weight excluding hydrogens is 268 g/mol. The van der Waals surface area contributed by atoms with Crippen LogP contribution >= 0.6 is 0 Å². The Balaban J connectivity index is 1.93. The number of nitrogens with two attached hydrogens (primary N) is 1. The Morgan fingerprint density at radius 1 is 1.10 bits per heavy atom. The van der Waals surface area contributed by atoms with E-state index in [0.29, 0.717) is 32.1 Å². The van der Waals surface area contributed by atoms with Crippen LogP contribution in [0.25, 0.3) is 10.9 Å². The van der Waals surface area contributed by atoms with Crippen LogP contribution in [0.5, 0.6) is 5.75 Å². The Bertz CT molecular complexity index is 587. The highest BCUT2D eigenvalue weighted by atomic mass is 16.5. The van der Waals surface area contributed by atoms with Gasteiger partial charge < -0.3 is 19.9 Å². The number of methoxy groups -OCH3 is 1. The highest BCUT2D eigenvalue weighted by Crippen LogP contribution is 2.27. The monoisotopic (exact) mass is 290 g/mol. The average molecular weight is 290 g/mol. The van der Waals surface area contributed by atoms with Crippen molar-refractivity contribution in [3.63, 3.8) is 0 Å². The SMILES string of the molecule is COCCOCCCOc1cc(C)nc2ccc(N)cc12. The van der Waals surface area contributed by atoms with Gasteiger partial charge in [0.05, 0.1) is 25.3 Å². The molecule has 21 heavy (non-hydrogen) atoms. The number of anilines is 1. The van der Waals surface area contributed by atoms with Crippen molar-refractivity contribution in [3.8, 4) is 5.75 Å². The fourth-order valence-corrected chi connectivity index (χ4v) is 2.05. The van der Waals surface area contributed by atoms with E-state index in [4.69, 9.17) is 19.9 Å². The summed E-state index contributed by atoms with van der Waals surface area (Å²) in [6.07, 6.45) is 0.828. The number of aryl methyl sites for hydroxylation is 1. The molecule has 0 fully saturated rings. The summed E-state index contributed by atoms with van der Waals surface area (Å²) >= 11 is 0. The molecule has 0 aliphatic carbocycles. The summed E-state index contributed by atoms with van der Waals surface area (Å²) in [6, 6.07) is 7.60. The molecule has 114 valence electrons. The molecule has 0 saturated heterocycles. The number of pyridine rings is 1. The van der Waals surface area contributed by atoms with Crippen molar-refractivity contribution in [2.24, 2.45) is 0 Å². The third-order valence-corrected chi connectivity index (χ3v) is 3.05. The molecule has 0 bridgehead atoms. The maximum atomic E-state index is 5.85. The Morgan fingerprint density at radius 3 is 2.76 bits per heavy atom. The summed E-state index contributed by atoms with van der Waals surface area (Å²) < 4.78 is 16.2. The molecule has 0 unspecified atom stereocenters. The van der Waals surface area contributed by atoms with Crippen LogP contribution in [0.2, 0.25) is 0 Å². The normalized spacial score (nSPS) is 11.0. The largest absolute Gasteiger partial charge is 0.493 e. The van der Waals surface area contributed by atoms with Gasteiger partial charge in [-0.2, -0.15) is 0 Å². The molecule has 0 amide bonds. The molecule has 0 radical (unpaired) electrons. The van der Waals surface area contributed by atoms with E-state index >= 15 is 0 Å². The van der Waals surface area contributed by atoms with Gasteiger partial charge in [0.1, 0.15) is 5.75 Å². The van der Waals surface area contributed by atoms with Crippen LogP contribution in [0.3, 0.4) is 0 Å². The molecule has 2 rings (SSSR count). The zero-order valence-electron chi connectivity index (χ0n) is 12.6. The van der Waals surface area contributed by atoms with Crippen LogP contribution in [-0.2, 0) is 9.47 Å². The lowest BCUT2D eigenvalue weighted by molar-refractivity contribution is 0.0645. The van der Waals surface area contributed by atoms with Crippen LogP contribution in [0, 0.1) is 6.92 Å². The summed E-state index contributed by atoms with van der Waals surface area (Å²) in [5.74, 6) is 0.821.